The minimum atomic E-state index is 0.508. The van der Waals surface area contributed by atoms with E-state index in [-0.39, 0.29) is 0 Å². The molecule has 4 aliphatic carbocycles. The summed E-state index contributed by atoms with van der Waals surface area (Å²) >= 11 is 0. The average molecular weight is 842 g/mol. The second kappa shape index (κ2) is 53.5. The standard InChI is InChI=1S/C9H18.C8H16.C7H15N.C7H14.C6H13N3.C6H12.6C2H6/c1-8(2)9-6-4-3-5-7-9;2*1-7(2)8-5-3-4-6-8;1-6(2)7-4-3-5-7;1-6(2)9-5-7-3-4-8-9;1-5(2)6-3-4-6;6*1-2/h8-9H,3-7H2,1-2H3;7-8H,3-6H2,1-2H3;7H,3-6H2,1-2H3;6-7H,3-5H2,1-2H3;4,6-7H,3,5H2,1-2H3;5-6H,3-4H2,1-2H3;6*1-2H3. The molecule has 364 valence electrons. The summed E-state index contributed by atoms with van der Waals surface area (Å²) in [6.07, 6.45) is 25.6. The van der Waals surface area contributed by atoms with E-state index in [1.807, 2.05) is 94.3 Å². The molecule has 0 unspecified atom stereocenters. The Morgan fingerprint density at radius 2 is 0.695 bits per heavy atom. The van der Waals surface area contributed by atoms with Crippen molar-refractivity contribution in [2.45, 2.75) is 281 Å². The lowest BCUT2D eigenvalue weighted by Gasteiger charge is -2.28. The van der Waals surface area contributed by atoms with Crippen molar-refractivity contribution in [3.05, 3.63) is 0 Å². The largest absolute Gasteiger partial charge is 0.301 e. The van der Waals surface area contributed by atoms with Crippen LogP contribution < -0.4 is 5.32 Å². The minimum absolute atomic E-state index is 0.508. The highest BCUT2D eigenvalue weighted by Crippen LogP contribution is 2.36. The first-order valence-electron chi connectivity index (χ1n) is 27.1. The van der Waals surface area contributed by atoms with Gasteiger partial charge in [0.15, 0.2) is 0 Å². The smallest absolute Gasteiger partial charge is 0.0860 e. The fourth-order valence-electron chi connectivity index (χ4n) is 7.30. The Morgan fingerprint density at radius 1 is 0.390 bits per heavy atom. The van der Waals surface area contributed by atoms with Crippen molar-refractivity contribution in [3.63, 3.8) is 0 Å². The quantitative estimate of drug-likeness (QED) is 0.289. The fraction of sp³-hybridized carbons (Fsp3) is 0.982. The van der Waals surface area contributed by atoms with Crippen LogP contribution in [0.3, 0.4) is 0 Å². The van der Waals surface area contributed by atoms with E-state index in [0.29, 0.717) is 6.04 Å². The number of likely N-dealkylation sites (tertiary alicyclic amines) is 1. The Kier molecular flexibility index (Phi) is 63.6. The van der Waals surface area contributed by atoms with Crippen molar-refractivity contribution < 1.29 is 0 Å². The van der Waals surface area contributed by atoms with Crippen molar-refractivity contribution in [3.8, 4) is 0 Å². The monoisotopic (exact) mass is 841 g/mol. The van der Waals surface area contributed by atoms with Crippen molar-refractivity contribution in [1.82, 2.24) is 15.2 Å². The summed E-state index contributed by atoms with van der Waals surface area (Å²) < 4.78 is 0. The van der Waals surface area contributed by atoms with Gasteiger partial charge in [-0.1, -0.05) is 216 Å². The van der Waals surface area contributed by atoms with Crippen LogP contribution in [0.4, 0.5) is 0 Å². The second-order valence-electron chi connectivity index (χ2n) is 17.7. The molecule has 4 saturated carbocycles. The molecule has 59 heavy (non-hydrogen) atoms. The summed E-state index contributed by atoms with van der Waals surface area (Å²) in [5.41, 5.74) is 0. The first kappa shape index (κ1) is 70.1. The van der Waals surface area contributed by atoms with E-state index in [1.54, 1.807) is 0 Å². The summed E-state index contributed by atoms with van der Waals surface area (Å²) in [4.78, 5) is 2.53. The van der Waals surface area contributed by atoms with E-state index in [0.717, 1.165) is 66.6 Å². The summed E-state index contributed by atoms with van der Waals surface area (Å²) in [6, 6.07) is 1.28. The summed E-state index contributed by atoms with van der Waals surface area (Å²) in [6.45, 7) is 55.9. The number of nitrogens with one attached hydrogen (secondary N) is 1. The molecular weight excluding hydrogens is 717 g/mol. The summed E-state index contributed by atoms with van der Waals surface area (Å²) in [5, 5.41) is 9.38. The molecule has 1 saturated heterocycles. The summed E-state index contributed by atoms with van der Waals surface area (Å²) in [5.74, 6) is 8.10. The van der Waals surface area contributed by atoms with Crippen molar-refractivity contribution >= 4 is 6.21 Å². The lowest BCUT2D eigenvalue weighted by molar-refractivity contribution is 0.210. The van der Waals surface area contributed by atoms with E-state index in [2.05, 4.69) is 98.4 Å². The van der Waals surface area contributed by atoms with Crippen LogP contribution in [0.2, 0.25) is 0 Å². The molecule has 2 aliphatic heterocycles. The maximum Gasteiger partial charge on any atom is 0.0860 e. The second-order valence-corrected chi connectivity index (χ2v) is 17.7. The Balaban J connectivity index is -0.000000136. The molecule has 4 heteroatoms. The van der Waals surface area contributed by atoms with Crippen LogP contribution in [-0.2, 0) is 0 Å². The zero-order valence-corrected chi connectivity index (χ0v) is 46.3. The normalized spacial score (nSPS) is 18.2. The fourth-order valence-corrected chi connectivity index (χ4v) is 7.30. The maximum atomic E-state index is 4.17. The van der Waals surface area contributed by atoms with Crippen LogP contribution in [0.15, 0.2) is 5.10 Å². The Labute approximate surface area is 379 Å². The van der Waals surface area contributed by atoms with Gasteiger partial charge in [0.1, 0.15) is 0 Å². The van der Waals surface area contributed by atoms with Gasteiger partial charge >= 0.3 is 0 Å². The molecule has 0 aromatic carbocycles. The average Bonchev–Trinajstić information content (AvgIpc) is 3.68. The van der Waals surface area contributed by atoms with Crippen LogP contribution in [0.1, 0.15) is 269 Å². The van der Waals surface area contributed by atoms with Gasteiger partial charge in [0, 0.05) is 24.8 Å². The van der Waals surface area contributed by atoms with Gasteiger partial charge in [-0.05, 0) is 114 Å². The molecule has 0 bridgehead atoms. The molecule has 5 fully saturated rings. The molecule has 0 amide bonds. The van der Waals surface area contributed by atoms with Gasteiger partial charge in [-0.2, -0.15) is 5.10 Å². The number of hydrazone groups is 1. The molecule has 0 aromatic rings. The van der Waals surface area contributed by atoms with E-state index >= 15 is 0 Å². The van der Waals surface area contributed by atoms with Crippen LogP contribution >= 0.6 is 0 Å². The zero-order valence-electron chi connectivity index (χ0n) is 46.3. The predicted octanol–water partition coefficient (Wildman–Crippen LogP) is 18.4. The van der Waals surface area contributed by atoms with Gasteiger partial charge in [0.25, 0.3) is 0 Å². The van der Waals surface area contributed by atoms with E-state index in [9.17, 15) is 0 Å². The topological polar surface area (TPSA) is 30.9 Å². The molecule has 6 aliphatic rings. The number of hydrogen-bond acceptors (Lipinski definition) is 4. The first-order chi connectivity index (χ1) is 28.3. The highest BCUT2D eigenvalue weighted by atomic mass is 15.5. The molecule has 0 spiro atoms. The molecule has 1 N–H and O–H groups in total. The first-order valence-corrected chi connectivity index (χ1v) is 27.1. The van der Waals surface area contributed by atoms with Crippen LogP contribution in [-0.4, -0.2) is 54.5 Å². The van der Waals surface area contributed by atoms with E-state index in [1.165, 1.54) is 116 Å². The number of hydrogen-bond donors (Lipinski definition) is 1. The van der Waals surface area contributed by atoms with Gasteiger partial charge in [-0.25, -0.2) is 0 Å². The molecule has 0 atom stereocenters. The van der Waals surface area contributed by atoms with E-state index in [4.69, 9.17) is 0 Å². The molecule has 4 nitrogen and oxygen atoms in total. The Morgan fingerprint density at radius 3 is 0.847 bits per heavy atom. The molecular formula is C55H124N4. The summed E-state index contributed by atoms with van der Waals surface area (Å²) in [7, 11) is 0. The van der Waals surface area contributed by atoms with Gasteiger partial charge < -0.3 is 4.90 Å². The molecule has 0 aromatic heterocycles. The van der Waals surface area contributed by atoms with Crippen LogP contribution in [0.25, 0.3) is 0 Å². The molecule has 0 radical (unpaired) electrons. The van der Waals surface area contributed by atoms with Gasteiger partial charge in [0.05, 0.1) is 6.67 Å². The molecule has 2 heterocycles. The van der Waals surface area contributed by atoms with Crippen molar-refractivity contribution in [2.75, 3.05) is 26.3 Å². The highest BCUT2D eigenvalue weighted by molar-refractivity contribution is 5.59. The van der Waals surface area contributed by atoms with Gasteiger partial charge in [-0.15, -0.1) is 0 Å². The van der Waals surface area contributed by atoms with Crippen molar-refractivity contribution in [1.29, 1.82) is 0 Å². The molecule has 6 rings (SSSR count). The third kappa shape index (κ3) is 45.2. The van der Waals surface area contributed by atoms with Gasteiger partial charge in [0.2, 0.25) is 0 Å². The van der Waals surface area contributed by atoms with E-state index < -0.39 is 0 Å². The third-order valence-electron chi connectivity index (χ3n) is 11.8. The van der Waals surface area contributed by atoms with Crippen molar-refractivity contribution in [2.24, 2.45) is 52.4 Å². The van der Waals surface area contributed by atoms with Gasteiger partial charge in [-0.3, -0.25) is 10.3 Å². The minimum Gasteiger partial charge on any atom is -0.301 e. The third-order valence-corrected chi connectivity index (χ3v) is 11.8. The number of nitrogens with zero attached hydrogens (tertiary/aromatic N) is 3. The highest BCUT2D eigenvalue weighted by Gasteiger charge is 2.24. The SMILES string of the molecule is CC.CC.CC.CC.CC.CC.CC(C)C1CC1.CC(C)C1CCC1.CC(C)C1CCCC1.CC(C)C1CCCCC1.CC(C)N1CCCC1.CC(C)N1CNCC=N1. The number of rotatable bonds is 6. The van der Waals surface area contributed by atoms with Crippen LogP contribution in [0, 0.1) is 47.3 Å². The predicted molar refractivity (Wildman–Crippen MR) is 280 cm³/mol. The Bertz CT molecular complexity index is 697. The lowest BCUT2D eigenvalue weighted by Crippen LogP contribution is -2.39. The Hall–Kier alpha value is -0.610. The van der Waals surface area contributed by atoms with Crippen LogP contribution in [0.5, 0.6) is 0 Å². The maximum absolute atomic E-state index is 4.17. The zero-order chi connectivity index (χ0) is 47.2. The lowest BCUT2D eigenvalue weighted by atomic mass is 9.78.